The minimum atomic E-state index is -1.86. The van der Waals surface area contributed by atoms with Crippen molar-refractivity contribution in [3.63, 3.8) is 0 Å². The van der Waals surface area contributed by atoms with Crippen molar-refractivity contribution in [3.8, 4) is 5.75 Å². The van der Waals surface area contributed by atoms with E-state index in [0.29, 0.717) is 0 Å². The van der Waals surface area contributed by atoms with Crippen LogP contribution in [0.2, 0.25) is 0 Å². The lowest BCUT2D eigenvalue weighted by Crippen LogP contribution is -2.12. The van der Waals surface area contributed by atoms with Crippen LogP contribution in [0.5, 0.6) is 5.75 Å². The molecule has 7 heteroatoms. The smallest absolute Gasteiger partial charge is 0.219 e. The first kappa shape index (κ1) is 13.8. The van der Waals surface area contributed by atoms with Crippen molar-refractivity contribution in [2.45, 2.75) is 7.59 Å². The van der Waals surface area contributed by atoms with Crippen molar-refractivity contribution in [1.82, 2.24) is 0 Å². The van der Waals surface area contributed by atoms with Gasteiger partial charge in [0.15, 0.2) is 0 Å². The Morgan fingerprint density at radius 1 is 0.867 bits per heavy atom. The van der Waals surface area contributed by atoms with Gasteiger partial charge < -0.3 is 5.11 Å². The Morgan fingerprint density at radius 2 is 1.40 bits per heavy atom. The minimum Gasteiger partial charge on any atom is -0.507 e. The highest BCUT2D eigenvalue weighted by Gasteiger charge is 2.36. The van der Waals surface area contributed by atoms with Gasteiger partial charge in [-0.2, -0.15) is 0 Å². The molecule has 1 aromatic rings. The van der Waals surface area contributed by atoms with Crippen molar-refractivity contribution >= 4 is 69.6 Å². The van der Waals surface area contributed by atoms with Crippen LogP contribution in [-0.2, 0) is 7.59 Å². The van der Waals surface area contributed by atoms with Gasteiger partial charge in [-0.25, -0.2) is 0 Å². The van der Waals surface area contributed by atoms with Crippen LogP contribution in [0.15, 0.2) is 18.2 Å². The molecule has 15 heavy (non-hydrogen) atoms. The van der Waals surface area contributed by atoms with Gasteiger partial charge >= 0.3 is 0 Å². The first-order valence-corrected chi connectivity index (χ1v) is 5.87. The molecule has 0 aliphatic rings. The summed E-state index contributed by atoms with van der Waals surface area (Å²) in [5, 5.41) is 9.56. The summed E-state index contributed by atoms with van der Waals surface area (Å²) < 4.78 is -3.62. The molecule has 0 fully saturated rings. The Morgan fingerprint density at radius 3 is 1.73 bits per heavy atom. The predicted molar refractivity (Wildman–Crippen MR) is 66.6 cm³/mol. The standard InChI is InChI=1S/C8H4Cl6O/c9-7(10,11)4-2-1-3-5(15)6(4)8(12,13)14/h1-3,15H. The molecule has 0 unspecified atom stereocenters. The van der Waals surface area contributed by atoms with Crippen LogP contribution in [0.25, 0.3) is 0 Å². The third kappa shape index (κ3) is 3.36. The highest BCUT2D eigenvalue weighted by molar-refractivity contribution is 6.69. The lowest BCUT2D eigenvalue weighted by atomic mass is 10.1. The summed E-state index contributed by atoms with van der Waals surface area (Å²) in [4.78, 5) is 0. The van der Waals surface area contributed by atoms with Crippen LogP contribution in [0.4, 0.5) is 0 Å². The highest BCUT2D eigenvalue weighted by Crippen LogP contribution is 2.50. The van der Waals surface area contributed by atoms with Crippen LogP contribution in [0.3, 0.4) is 0 Å². The average molecular weight is 329 g/mol. The summed E-state index contributed by atoms with van der Waals surface area (Å²) >= 11 is 34.1. The van der Waals surface area contributed by atoms with Gasteiger partial charge in [0.05, 0.1) is 5.56 Å². The van der Waals surface area contributed by atoms with Crippen LogP contribution in [-0.4, -0.2) is 5.11 Å². The molecular weight excluding hydrogens is 325 g/mol. The number of halogens is 6. The summed E-state index contributed by atoms with van der Waals surface area (Å²) in [6, 6.07) is 4.30. The normalized spacial score (nSPS) is 12.9. The Hall–Kier alpha value is 0.760. The van der Waals surface area contributed by atoms with E-state index in [4.69, 9.17) is 69.6 Å². The van der Waals surface area contributed by atoms with Gasteiger partial charge in [-0.15, -0.1) is 0 Å². The van der Waals surface area contributed by atoms with Crippen molar-refractivity contribution in [3.05, 3.63) is 29.3 Å². The molecule has 1 aromatic carbocycles. The fraction of sp³-hybridized carbons (Fsp3) is 0.250. The molecular formula is C8H4Cl6O. The summed E-state index contributed by atoms with van der Waals surface area (Å²) in [5.41, 5.74) is 0.0995. The predicted octanol–water partition coefficient (Wildman–Crippen LogP) is 5.05. The number of alkyl halides is 6. The van der Waals surface area contributed by atoms with Gasteiger partial charge in [-0.3, -0.25) is 0 Å². The third-order valence-corrected chi connectivity index (χ3v) is 2.81. The van der Waals surface area contributed by atoms with E-state index < -0.39 is 7.59 Å². The summed E-state index contributed by atoms with van der Waals surface area (Å²) in [6.45, 7) is 0. The molecule has 0 spiro atoms. The van der Waals surface area contributed by atoms with Gasteiger partial charge in [0.2, 0.25) is 7.59 Å². The monoisotopic (exact) mass is 326 g/mol. The molecule has 0 saturated heterocycles. The van der Waals surface area contributed by atoms with Gasteiger partial charge in [0, 0.05) is 5.56 Å². The number of phenols is 1. The first-order chi connectivity index (χ1) is 6.64. The summed E-state index contributed by atoms with van der Waals surface area (Å²) in [5.74, 6) is -0.237. The van der Waals surface area contributed by atoms with E-state index in [0.717, 1.165) is 0 Å². The first-order valence-electron chi connectivity index (χ1n) is 3.60. The molecule has 0 bridgehead atoms. The molecule has 0 amide bonds. The Bertz CT molecular complexity index is 364. The zero-order valence-corrected chi connectivity index (χ0v) is 11.5. The second-order valence-electron chi connectivity index (χ2n) is 2.70. The van der Waals surface area contributed by atoms with Gasteiger partial charge in [-0.05, 0) is 6.07 Å². The molecule has 84 valence electrons. The molecule has 0 aromatic heterocycles. The largest absolute Gasteiger partial charge is 0.507 e. The molecule has 0 saturated carbocycles. The van der Waals surface area contributed by atoms with Crippen LogP contribution in [0, 0.1) is 0 Å². The molecule has 0 atom stereocenters. The number of phenolic OH excluding ortho intramolecular Hbond substituents is 1. The fourth-order valence-electron chi connectivity index (χ4n) is 1.07. The Labute approximate surface area is 117 Å². The average Bonchev–Trinajstić information content (AvgIpc) is 1.99. The molecule has 0 aliphatic heterocycles. The molecule has 1 nitrogen and oxygen atoms in total. The van der Waals surface area contributed by atoms with E-state index in [1.165, 1.54) is 18.2 Å². The molecule has 1 N–H and O–H groups in total. The van der Waals surface area contributed by atoms with E-state index in [1.54, 1.807) is 0 Å². The maximum atomic E-state index is 9.56. The molecule has 1 rings (SSSR count). The number of aromatic hydroxyl groups is 1. The number of hydrogen-bond acceptors (Lipinski definition) is 1. The Kier molecular flexibility index (Phi) is 4.20. The van der Waals surface area contributed by atoms with E-state index in [2.05, 4.69) is 0 Å². The summed E-state index contributed by atoms with van der Waals surface area (Å²) in [6.07, 6.45) is 0. The van der Waals surface area contributed by atoms with Crippen molar-refractivity contribution in [1.29, 1.82) is 0 Å². The second kappa shape index (κ2) is 4.56. The van der Waals surface area contributed by atoms with Crippen LogP contribution < -0.4 is 0 Å². The zero-order chi connectivity index (χ0) is 11.9. The molecule has 0 radical (unpaired) electrons. The number of benzene rings is 1. The topological polar surface area (TPSA) is 20.2 Å². The number of rotatable bonds is 0. The third-order valence-electron chi connectivity index (χ3n) is 1.63. The fourth-order valence-corrected chi connectivity index (χ4v) is 2.14. The van der Waals surface area contributed by atoms with Crippen molar-refractivity contribution < 1.29 is 5.11 Å². The maximum Gasteiger partial charge on any atom is 0.219 e. The summed E-state index contributed by atoms with van der Waals surface area (Å²) in [7, 11) is 0. The van der Waals surface area contributed by atoms with Gasteiger partial charge in [-0.1, -0.05) is 81.7 Å². The van der Waals surface area contributed by atoms with E-state index in [-0.39, 0.29) is 16.9 Å². The maximum absolute atomic E-state index is 9.56. The molecule has 0 heterocycles. The van der Waals surface area contributed by atoms with E-state index in [9.17, 15) is 5.11 Å². The van der Waals surface area contributed by atoms with Gasteiger partial charge in [0.25, 0.3) is 0 Å². The molecule has 0 aliphatic carbocycles. The minimum absolute atomic E-state index is 0.0324. The van der Waals surface area contributed by atoms with Crippen molar-refractivity contribution in [2.75, 3.05) is 0 Å². The second-order valence-corrected chi connectivity index (χ2v) is 7.26. The van der Waals surface area contributed by atoms with Crippen LogP contribution >= 0.6 is 69.6 Å². The van der Waals surface area contributed by atoms with E-state index >= 15 is 0 Å². The zero-order valence-electron chi connectivity index (χ0n) is 6.95. The highest BCUT2D eigenvalue weighted by atomic mass is 35.6. The number of hydrogen-bond donors (Lipinski definition) is 1. The quantitative estimate of drug-likeness (QED) is 0.661. The SMILES string of the molecule is Oc1cccc(C(Cl)(Cl)Cl)c1C(Cl)(Cl)Cl. The Balaban J connectivity index is 3.48. The van der Waals surface area contributed by atoms with E-state index in [1.807, 2.05) is 0 Å². The lowest BCUT2D eigenvalue weighted by Gasteiger charge is -2.21. The lowest BCUT2D eigenvalue weighted by molar-refractivity contribution is 0.468. The van der Waals surface area contributed by atoms with Crippen molar-refractivity contribution in [2.24, 2.45) is 0 Å². The van der Waals surface area contributed by atoms with Crippen LogP contribution in [0.1, 0.15) is 11.1 Å². The van der Waals surface area contributed by atoms with Gasteiger partial charge in [0.1, 0.15) is 5.75 Å².